The monoisotopic (exact) mass is 119 g/mol. The minimum Gasteiger partial charge on any atom is -1.00 e. The maximum absolute atomic E-state index is 6.00. The molecule has 0 aromatic carbocycles. The third-order valence-electron chi connectivity index (χ3n) is 0. The molecule has 4 heteroatoms. The van der Waals surface area contributed by atoms with Crippen molar-refractivity contribution in [3.63, 3.8) is 0 Å². The first-order valence-electron chi connectivity index (χ1n) is 0.200. The first-order valence-corrected chi connectivity index (χ1v) is 0.200. The summed E-state index contributed by atoms with van der Waals surface area (Å²) in [6.45, 7) is 0. The van der Waals surface area contributed by atoms with Gasteiger partial charge < -0.3 is 2.85 Å². The van der Waals surface area contributed by atoms with Crippen LogP contribution in [0.3, 0.4) is 0 Å². The second kappa shape index (κ2) is 30.0. The van der Waals surface area contributed by atoms with Gasteiger partial charge in [-0.15, -0.1) is 0 Å². The molecule has 0 saturated heterocycles. The number of hydrogen-bond acceptors (Lipinski definition) is 2. The van der Waals surface area contributed by atoms with Gasteiger partial charge in [0.15, 0.2) is 0 Å². The molecule has 4 heavy (non-hydrogen) atoms. The van der Waals surface area contributed by atoms with Crippen molar-refractivity contribution in [1.82, 2.24) is 0 Å². The molecule has 0 aliphatic rings. The van der Waals surface area contributed by atoms with Gasteiger partial charge in [-0.1, -0.05) is 0 Å². The Morgan fingerprint density at radius 2 is 1.25 bits per heavy atom. The van der Waals surface area contributed by atoms with Crippen LogP contribution in [0.25, 0.3) is 0 Å². The fourth-order valence-electron chi connectivity index (χ4n) is 0. The van der Waals surface area contributed by atoms with Crippen LogP contribution >= 0.6 is 0 Å². The predicted molar refractivity (Wildman–Crippen MR) is 13.2 cm³/mol. The first-order chi connectivity index (χ1) is 1.00. The summed E-state index contributed by atoms with van der Waals surface area (Å²) in [6, 6.07) is 0. The molecular weight excluding hydrogens is 115 g/mol. The molecule has 0 bridgehead atoms. The van der Waals surface area contributed by atoms with Gasteiger partial charge in [0, 0.05) is 16.8 Å². The molecule has 0 rings (SSSR count). The van der Waals surface area contributed by atoms with E-state index >= 15 is 0 Å². The third-order valence-corrected chi connectivity index (χ3v) is 0. The summed E-state index contributed by atoms with van der Waals surface area (Å²) < 4.78 is 0. The van der Waals surface area contributed by atoms with Gasteiger partial charge in [-0.3, -0.25) is 10.5 Å². The third kappa shape index (κ3) is 10.8. The van der Waals surface area contributed by atoms with Crippen molar-refractivity contribution in [1.29, 1.82) is 0 Å². The summed E-state index contributed by atoms with van der Waals surface area (Å²) in [5, 5.41) is 12.0. The van der Waals surface area contributed by atoms with E-state index in [9.17, 15) is 0 Å². The zero-order chi connectivity index (χ0) is 2.00. The second-order valence-corrected chi connectivity index (χ2v) is 0. The molecule has 0 aromatic rings. The van der Waals surface area contributed by atoms with E-state index in [-0.39, 0.29) is 42.7 Å². The summed E-state index contributed by atoms with van der Waals surface area (Å²) >= 11 is 0. The molecule has 0 aromatic heterocycles. The van der Waals surface area contributed by atoms with E-state index in [0.29, 0.717) is 0 Å². The summed E-state index contributed by atoms with van der Waals surface area (Å²) in [4.78, 5) is 0. The quantitative estimate of drug-likeness (QED) is 0.265. The largest absolute Gasteiger partial charge is 2.00 e. The van der Waals surface area contributed by atoms with Crippen molar-refractivity contribution in [2.45, 2.75) is 0 Å². The fourth-order valence-corrected chi connectivity index (χ4v) is 0. The minimum absolute atomic E-state index is 0. The zero-order valence-corrected chi connectivity index (χ0v) is 4.39. The van der Waals surface area contributed by atoms with Crippen molar-refractivity contribution in [2.24, 2.45) is 0 Å². The Hall–Kier alpha value is 1.19. The van der Waals surface area contributed by atoms with Crippen molar-refractivity contribution in [2.75, 3.05) is 0 Å². The van der Waals surface area contributed by atoms with Crippen LogP contribution in [0.5, 0.6) is 0 Å². The molecule has 0 aliphatic carbocycles. The molecule has 2 N–H and O–H groups in total. The van der Waals surface area contributed by atoms with Crippen LogP contribution in [0, 0.1) is 0 Å². The topological polar surface area (TPSA) is 40.5 Å². The molecule has 0 atom stereocenters. The maximum Gasteiger partial charge on any atom is 2.00 e. The normalized spacial score (nSPS) is 1.50. The van der Waals surface area contributed by atoms with Crippen LogP contribution < -0.4 is 0 Å². The van der Waals surface area contributed by atoms with E-state index < -0.39 is 0 Å². The fraction of sp³-hybridized carbons (Fsp3) is 0. The Bertz CT molecular complexity index is 11.5. The van der Waals surface area contributed by atoms with Crippen LogP contribution in [0.2, 0.25) is 0 Å². The van der Waals surface area contributed by atoms with Crippen molar-refractivity contribution in [3.8, 4) is 0 Å². The van der Waals surface area contributed by atoms with E-state index in [4.69, 9.17) is 10.5 Å². The van der Waals surface area contributed by atoms with Crippen molar-refractivity contribution < 1.29 is 30.1 Å². The average molecular weight is 119 g/mol. The van der Waals surface area contributed by atoms with Gasteiger partial charge in [-0.05, 0) is 0 Å². The summed E-state index contributed by atoms with van der Waals surface area (Å²) in [5.74, 6) is 0. The Balaban J connectivity index is -0.000000000833. The van der Waals surface area contributed by atoms with Crippen molar-refractivity contribution >= 4 is 23.1 Å². The molecular formula is H4CoMgO2. The van der Waals surface area contributed by atoms with E-state index in [1.54, 1.807) is 0 Å². The predicted octanol–water partition coefficient (Wildman–Crippen LogP) is -0.141. The molecule has 0 unspecified atom stereocenters. The van der Waals surface area contributed by atoms with Crippen LogP contribution in [0.1, 0.15) is 2.85 Å². The molecule has 0 fully saturated rings. The molecule has 0 aliphatic heterocycles. The van der Waals surface area contributed by atoms with Gasteiger partial charge in [0.05, 0.1) is 0 Å². The second-order valence-electron chi connectivity index (χ2n) is 0. The van der Waals surface area contributed by atoms with Gasteiger partial charge in [0.25, 0.3) is 0 Å². The SMILES string of the molecule is OO.[Co].[H-].[H-].[Mg+2]. The standard InChI is InChI=1S/Co.Mg.H2O2.2H/c;;1-2;;/h;;1-2H;;/q;+2;;2*-1. The summed E-state index contributed by atoms with van der Waals surface area (Å²) in [6.07, 6.45) is 0. The molecule has 2 nitrogen and oxygen atoms in total. The van der Waals surface area contributed by atoms with Crippen LogP contribution in [0.15, 0.2) is 0 Å². The van der Waals surface area contributed by atoms with Crippen LogP contribution in [-0.4, -0.2) is 33.6 Å². The van der Waals surface area contributed by atoms with Crippen LogP contribution in [0.4, 0.5) is 0 Å². The molecule has 0 heterocycles. The Kier molecular flexibility index (Phi) is 143. The van der Waals surface area contributed by atoms with Gasteiger partial charge in [-0.2, -0.15) is 0 Å². The molecule has 0 spiro atoms. The van der Waals surface area contributed by atoms with E-state index in [2.05, 4.69) is 0 Å². The van der Waals surface area contributed by atoms with E-state index in [1.165, 1.54) is 0 Å². The van der Waals surface area contributed by atoms with Crippen molar-refractivity contribution in [3.05, 3.63) is 0 Å². The Labute approximate surface area is 53.5 Å². The first kappa shape index (κ1) is 19.0. The number of hydrogen-bond donors (Lipinski definition) is 2. The minimum atomic E-state index is 0. The van der Waals surface area contributed by atoms with E-state index in [1.807, 2.05) is 0 Å². The Morgan fingerprint density at radius 3 is 1.25 bits per heavy atom. The van der Waals surface area contributed by atoms with E-state index in [0.717, 1.165) is 0 Å². The van der Waals surface area contributed by atoms with Crippen LogP contribution in [-0.2, 0) is 16.8 Å². The van der Waals surface area contributed by atoms with Gasteiger partial charge in [0.1, 0.15) is 0 Å². The molecule has 27 valence electrons. The zero-order valence-electron chi connectivity index (χ0n) is 3.93. The summed E-state index contributed by atoms with van der Waals surface area (Å²) in [7, 11) is 0. The summed E-state index contributed by atoms with van der Waals surface area (Å²) in [5.41, 5.74) is 0. The van der Waals surface area contributed by atoms with Gasteiger partial charge in [-0.25, -0.2) is 0 Å². The smallest absolute Gasteiger partial charge is 1.00 e. The molecule has 1 radical (unpaired) electrons. The number of rotatable bonds is 0. The Morgan fingerprint density at radius 1 is 1.25 bits per heavy atom. The average Bonchev–Trinajstić information content (AvgIpc) is 1.00. The molecule has 0 saturated carbocycles. The van der Waals surface area contributed by atoms with Gasteiger partial charge >= 0.3 is 23.1 Å². The maximum atomic E-state index is 6.00. The molecule has 0 amide bonds. The van der Waals surface area contributed by atoms with Gasteiger partial charge in [0.2, 0.25) is 0 Å².